The standard InChI is InChI=1S/C12H18FNO/c1-10(15)7-8-14(2)9-11-3-5-12(13)6-4-11/h3-6,10,15H,7-9H2,1-2H3. The summed E-state index contributed by atoms with van der Waals surface area (Å²) in [5.74, 6) is -0.203. The minimum Gasteiger partial charge on any atom is -0.393 e. The van der Waals surface area contributed by atoms with E-state index in [1.807, 2.05) is 7.05 Å². The van der Waals surface area contributed by atoms with Crippen molar-refractivity contribution in [1.29, 1.82) is 0 Å². The number of aliphatic hydroxyl groups is 1. The van der Waals surface area contributed by atoms with Crippen LogP contribution in [0.2, 0.25) is 0 Å². The van der Waals surface area contributed by atoms with Crippen LogP contribution in [-0.4, -0.2) is 29.7 Å². The Morgan fingerprint density at radius 1 is 1.33 bits per heavy atom. The van der Waals surface area contributed by atoms with Crippen molar-refractivity contribution in [3.8, 4) is 0 Å². The third kappa shape index (κ3) is 4.91. The van der Waals surface area contributed by atoms with Crippen molar-refractivity contribution in [2.24, 2.45) is 0 Å². The van der Waals surface area contributed by atoms with Crippen LogP contribution in [0.4, 0.5) is 4.39 Å². The molecular formula is C12H18FNO. The van der Waals surface area contributed by atoms with Gasteiger partial charge in [-0.3, -0.25) is 0 Å². The summed E-state index contributed by atoms with van der Waals surface area (Å²) in [6, 6.07) is 6.51. The number of rotatable bonds is 5. The van der Waals surface area contributed by atoms with Crippen molar-refractivity contribution in [2.75, 3.05) is 13.6 Å². The van der Waals surface area contributed by atoms with Crippen molar-refractivity contribution in [3.63, 3.8) is 0 Å². The molecule has 0 aliphatic rings. The zero-order valence-electron chi connectivity index (χ0n) is 9.28. The summed E-state index contributed by atoms with van der Waals surface area (Å²) >= 11 is 0. The summed E-state index contributed by atoms with van der Waals surface area (Å²) in [5.41, 5.74) is 1.09. The first-order valence-electron chi connectivity index (χ1n) is 5.19. The monoisotopic (exact) mass is 211 g/mol. The zero-order chi connectivity index (χ0) is 11.3. The molecule has 0 heterocycles. The topological polar surface area (TPSA) is 23.5 Å². The van der Waals surface area contributed by atoms with Gasteiger partial charge in [-0.2, -0.15) is 0 Å². The lowest BCUT2D eigenvalue weighted by molar-refractivity contribution is 0.163. The summed E-state index contributed by atoms with van der Waals surface area (Å²) in [6.45, 7) is 3.41. The summed E-state index contributed by atoms with van der Waals surface area (Å²) in [6.07, 6.45) is 0.498. The second kappa shape index (κ2) is 5.83. The molecule has 1 rings (SSSR count). The average molecular weight is 211 g/mol. The lowest BCUT2D eigenvalue weighted by Gasteiger charge is -2.17. The van der Waals surface area contributed by atoms with Crippen LogP contribution in [0.25, 0.3) is 0 Å². The molecule has 1 unspecified atom stereocenters. The van der Waals surface area contributed by atoms with Gasteiger partial charge in [-0.15, -0.1) is 0 Å². The van der Waals surface area contributed by atoms with Crippen molar-refractivity contribution < 1.29 is 9.50 Å². The van der Waals surface area contributed by atoms with Gasteiger partial charge in [-0.05, 0) is 38.1 Å². The van der Waals surface area contributed by atoms with E-state index in [1.54, 1.807) is 19.1 Å². The Hall–Kier alpha value is -0.930. The maximum atomic E-state index is 12.6. The van der Waals surface area contributed by atoms with Gasteiger partial charge in [0.1, 0.15) is 5.82 Å². The fraction of sp³-hybridized carbons (Fsp3) is 0.500. The summed E-state index contributed by atoms with van der Waals surface area (Å²) < 4.78 is 12.6. The summed E-state index contributed by atoms with van der Waals surface area (Å²) in [4.78, 5) is 2.11. The highest BCUT2D eigenvalue weighted by molar-refractivity contribution is 5.15. The molecule has 0 aliphatic carbocycles. The lowest BCUT2D eigenvalue weighted by atomic mass is 10.2. The van der Waals surface area contributed by atoms with Crippen molar-refractivity contribution in [3.05, 3.63) is 35.6 Å². The molecule has 2 nitrogen and oxygen atoms in total. The van der Waals surface area contributed by atoms with Crippen LogP contribution in [0.3, 0.4) is 0 Å². The number of aliphatic hydroxyl groups excluding tert-OH is 1. The van der Waals surface area contributed by atoms with Gasteiger partial charge in [-0.25, -0.2) is 4.39 Å². The second-order valence-electron chi connectivity index (χ2n) is 4.00. The van der Waals surface area contributed by atoms with Crippen LogP contribution < -0.4 is 0 Å². The van der Waals surface area contributed by atoms with Crippen molar-refractivity contribution in [2.45, 2.75) is 26.0 Å². The lowest BCUT2D eigenvalue weighted by Crippen LogP contribution is -2.22. The predicted molar refractivity (Wildman–Crippen MR) is 59.0 cm³/mol. The van der Waals surface area contributed by atoms with Crippen LogP contribution in [0, 0.1) is 5.82 Å². The van der Waals surface area contributed by atoms with Crippen molar-refractivity contribution in [1.82, 2.24) is 4.90 Å². The SMILES string of the molecule is CC(O)CCN(C)Cc1ccc(F)cc1. The van der Waals surface area contributed by atoms with Crippen LogP contribution in [0.1, 0.15) is 18.9 Å². The second-order valence-corrected chi connectivity index (χ2v) is 4.00. The van der Waals surface area contributed by atoms with Gasteiger partial charge in [0.15, 0.2) is 0 Å². The van der Waals surface area contributed by atoms with E-state index >= 15 is 0 Å². The van der Waals surface area contributed by atoms with Gasteiger partial charge >= 0.3 is 0 Å². The number of nitrogens with zero attached hydrogens (tertiary/aromatic N) is 1. The maximum absolute atomic E-state index is 12.6. The van der Waals surface area contributed by atoms with E-state index in [0.717, 1.165) is 25.1 Å². The van der Waals surface area contributed by atoms with Gasteiger partial charge in [0.05, 0.1) is 6.10 Å². The first-order valence-corrected chi connectivity index (χ1v) is 5.19. The highest BCUT2D eigenvalue weighted by Gasteiger charge is 2.02. The molecule has 0 fully saturated rings. The van der Waals surface area contributed by atoms with Gasteiger partial charge in [0, 0.05) is 13.1 Å². The largest absolute Gasteiger partial charge is 0.393 e. The molecule has 1 atom stereocenters. The Balaban J connectivity index is 2.37. The molecule has 0 spiro atoms. The van der Waals surface area contributed by atoms with Crippen molar-refractivity contribution >= 4 is 0 Å². The van der Waals surface area contributed by atoms with E-state index in [9.17, 15) is 4.39 Å². The molecule has 0 radical (unpaired) electrons. The van der Waals surface area contributed by atoms with E-state index in [1.165, 1.54) is 12.1 Å². The van der Waals surface area contributed by atoms with E-state index in [2.05, 4.69) is 4.90 Å². The van der Waals surface area contributed by atoms with Gasteiger partial charge < -0.3 is 10.0 Å². The third-order valence-electron chi connectivity index (χ3n) is 2.29. The fourth-order valence-electron chi connectivity index (χ4n) is 1.39. The maximum Gasteiger partial charge on any atom is 0.123 e. The molecule has 1 aromatic rings. The van der Waals surface area contributed by atoms with Gasteiger partial charge in [-0.1, -0.05) is 12.1 Å². The smallest absolute Gasteiger partial charge is 0.123 e. The van der Waals surface area contributed by atoms with Gasteiger partial charge in [0.2, 0.25) is 0 Å². The molecule has 0 aliphatic heterocycles. The molecular weight excluding hydrogens is 193 g/mol. The normalized spacial score (nSPS) is 13.1. The first-order chi connectivity index (χ1) is 7.08. The molecule has 0 saturated carbocycles. The Morgan fingerprint density at radius 3 is 2.47 bits per heavy atom. The molecule has 0 aromatic heterocycles. The average Bonchev–Trinajstić information content (AvgIpc) is 2.19. The Morgan fingerprint density at radius 2 is 1.93 bits per heavy atom. The predicted octanol–water partition coefficient (Wildman–Crippen LogP) is 2.03. The quantitative estimate of drug-likeness (QED) is 0.805. The number of benzene rings is 1. The molecule has 0 saturated heterocycles. The van der Waals surface area contributed by atoms with Crippen LogP contribution >= 0.6 is 0 Å². The molecule has 3 heteroatoms. The number of hydrogen-bond acceptors (Lipinski definition) is 2. The minimum atomic E-state index is -0.263. The highest BCUT2D eigenvalue weighted by atomic mass is 19.1. The van der Waals surface area contributed by atoms with Gasteiger partial charge in [0.25, 0.3) is 0 Å². The molecule has 0 bridgehead atoms. The third-order valence-corrected chi connectivity index (χ3v) is 2.29. The molecule has 1 N–H and O–H groups in total. The zero-order valence-corrected chi connectivity index (χ0v) is 9.28. The summed E-state index contributed by atoms with van der Waals surface area (Å²) in [5, 5.41) is 9.13. The first kappa shape index (κ1) is 12.1. The number of halogens is 1. The molecule has 84 valence electrons. The molecule has 1 aromatic carbocycles. The van der Waals surface area contributed by atoms with Crippen LogP contribution in [-0.2, 0) is 6.54 Å². The van der Waals surface area contributed by atoms with E-state index < -0.39 is 0 Å². The Labute approximate surface area is 90.3 Å². The van der Waals surface area contributed by atoms with E-state index in [0.29, 0.717) is 0 Å². The minimum absolute atomic E-state index is 0.203. The summed E-state index contributed by atoms with van der Waals surface area (Å²) in [7, 11) is 1.99. The van der Waals surface area contributed by atoms with Crippen LogP contribution in [0.15, 0.2) is 24.3 Å². The molecule has 0 amide bonds. The van der Waals surface area contributed by atoms with E-state index in [-0.39, 0.29) is 11.9 Å². The van der Waals surface area contributed by atoms with Crippen LogP contribution in [0.5, 0.6) is 0 Å². The highest BCUT2D eigenvalue weighted by Crippen LogP contribution is 2.06. The Kier molecular flexibility index (Phi) is 4.72. The molecule has 15 heavy (non-hydrogen) atoms. The Bertz CT molecular complexity index is 284. The fourth-order valence-corrected chi connectivity index (χ4v) is 1.39. The van der Waals surface area contributed by atoms with E-state index in [4.69, 9.17) is 5.11 Å². The number of hydrogen-bond donors (Lipinski definition) is 1.